The number of rotatable bonds is 0. The third-order valence-electron chi connectivity index (χ3n) is 3.69. The summed E-state index contributed by atoms with van der Waals surface area (Å²) in [6, 6.07) is 0. The highest BCUT2D eigenvalue weighted by Gasteiger charge is 2.07. The fourth-order valence-electron chi connectivity index (χ4n) is 2.56. The Hall–Kier alpha value is -1.04. The summed E-state index contributed by atoms with van der Waals surface area (Å²) in [6.07, 6.45) is 0. The number of hydrogen-bond acceptors (Lipinski definition) is 0. The van der Waals surface area contributed by atoms with Gasteiger partial charge < -0.3 is 0 Å². The molecule has 0 saturated carbocycles. The zero-order chi connectivity index (χ0) is 12.6. The van der Waals surface area contributed by atoms with Crippen molar-refractivity contribution in [1.29, 1.82) is 0 Å². The maximum Gasteiger partial charge on any atom is -0.0163 e. The van der Waals surface area contributed by atoms with E-state index in [-0.39, 0.29) is 0 Å². The van der Waals surface area contributed by atoms with Gasteiger partial charge in [-0.05, 0) is 88.1 Å². The summed E-state index contributed by atoms with van der Waals surface area (Å²) in [5.41, 5.74) is 8.61. The van der Waals surface area contributed by atoms with Crippen molar-refractivity contribution < 1.29 is 0 Å². The fraction of sp³-hybridized carbons (Fsp3) is 0.500. The lowest BCUT2D eigenvalue weighted by Crippen LogP contribution is -2.34. The lowest BCUT2D eigenvalue weighted by molar-refractivity contribution is 1.15. The Morgan fingerprint density at radius 3 is 0.938 bits per heavy atom. The molecule has 88 valence electrons. The quantitative estimate of drug-likeness (QED) is 0.624. The molecule has 0 N–H and O–H groups in total. The molecular formula is C16H24. The molecule has 16 heavy (non-hydrogen) atoms. The van der Waals surface area contributed by atoms with Crippen LogP contribution in [0.25, 0.3) is 11.1 Å². The zero-order valence-electron chi connectivity index (χ0n) is 12.0. The van der Waals surface area contributed by atoms with Crippen molar-refractivity contribution in [3.8, 4) is 0 Å². The van der Waals surface area contributed by atoms with Crippen molar-refractivity contribution in [2.45, 2.75) is 55.4 Å². The molecule has 0 spiro atoms. The molecule has 0 radical (unpaired) electrons. The normalized spacial score (nSPS) is 10.5. The average Bonchev–Trinajstić information content (AvgIpc) is 2.18. The van der Waals surface area contributed by atoms with Crippen molar-refractivity contribution in [3.05, 3.63) is 32.7 Å². The van der Waals surface area contributed by atoms with Crippen LogP contribution in [0.2, 0.25) is 0 Å². The molecule has 1 aromatic rings. The van der Waals surface area contributed by atoms with Crippen LogP contribution in [0, 0.1) is 27.7 Å². The molecule has 0 bridgehead atoms. The maximum atomic E-state index is 2.25. The first-order valence-corrected chi connectivity index (χ1v) is 6.00. The van der Waals surface area contributed by atoms with Crippen LogP contribution in [0.5, 0.6) is 0 Å². The van der Waals surface area contributed by atoms with E-state index in [1.54, 1.807) is 0 Å². The lowest BCUT2D eigenvalue weighted by atomic mass is 9.92. The molecule has 0 unspecified atom stereocenters. The van der Waals surface area contributed by atoms with Gasteiger partial charge in [0.2, 0.25) is 0 Å². The molecule has 1 rings (SSSR count). The highest BCUT2D eigenvalue weighted by molar-refractivity contribution is 5.54. The Labute approximate surface area is 99.7 Å². The van der Waals surface area contributed by atoms with Gasteiger partial charge in [-0.25, -0.2) is 0 Å². The Morgan fingerprint density at radius 1 is 0.500 bits per heavy atom. The molecule has 0 atom stereocenters. The first-order chi connectivity index (χ1) is 7.29. The SMILES string of the molecule is CC(C)=c1c(C)c(C)c(C)c(C)c1=C(C)C. The second-order valence-corrected chi connectivity index (χ2v) is 5.25. The van der Waals surface area contributed by atoms with Gasteiger partial charge in [0.25, 0.3) is 0 Å². The van der Waals surface area contributed by atoms with Crippen molar-refractivity contribution in [2.24, 2.45) is 0 Å². The molecule has 0 aliphatic carbocycles. The Kier molecular flexibility index (Phi) is 3.62. The van der Waals surface area contributed by atoms with Gasteiger partial charge in [0.15, 0.2) is 0 Å². The van der Waals surface area contributed by atoms with Gasteiger partial charge in [0, 0.05) is 0 Å². The van der Waals surface area contributed by atoms with E-state index >= 15 is 0 Å². The maximum absolute atomic E-state index is 2.25. The van der Waals surface area contributed by atoms with Crippen molar-refractivity contribution >= 4 is 11.1 Å². The summed E-state index contributed by atoms with van der Waals surface area (Å²) in [5.74, 6) is 0. The highest BCUT2D eigenvalue weighted by atomic mass is 14.1. The molecule has 0 fully saturated rings. The molecule has 1 aromatic carbocycles. The van der Waals surface area contributed by atoms with Gasteiger partial charge in [0.05, 0.1) is 0 Å². The number of benzene rings is 1. The molecular weight excluding hydrogens is 192 g/mol. The van der Waals surface area contributed by atoms with Gasteiger partial charge >= 0.3 is 0 Å². The summed E-state index contributed by atoms with van der Waals surface area (Å²) in [6.45, 7) is 17.8. The van der Waals surface area contributed by atoms with E-state index < -0.39 is 0 Å². The molecule has 0 aliphatic heterocycles. The summed E-state index contributed by atoms with van der Waals surface area (Å²) in [4.78, 5) is 0. The van der Waals surface area contributed by atoms with E-state index in [0.717, 1.165) is 0 Å². The second kappa shape index (κ2) is 4.45. The van der Waals surface area contributed by atoms with Crippen LogP contribution in [-0.2, 0) is 0 Å². The molecule has 0 aromatic heterocycles. The fourth-order valence-corrected chi connectivity index (χ4v) is 2.56. The van der Waals surface area contributed by atoms with Gasteiger partial charge in [0.1, 0.15) is 0 Å². The van der Waals surface area contributed by atoms with Crippen LogP contribution < -0.4 is 10.4 Å². The Bertz CT molecular complexity index is 484. The van der Waals surface area contributed by atoms with Crippen LogP contribution in [-0.4, -0.2) is 0 Å². The molecule has 0 amide bonds. The van der Waals surface area contributed by atoms with Gasteiger partial charge in [-0.3, -0.25) is 0 Å². The topological polar surface area (TPSA) is 0 Å². The minimum atomic E-state index is 1.42. The predicted octanol–water partition coefficient (Wildman–Crippen LogP) is 3.30. The van der Waals surface area contributed by atoms with Crippen LogP contribution >= 0.6 is 0 Å². The standard InChI is InChI=1S/C16H24/c1-9(2)15-13(7)11(5)12(6)14(8)16(15)10(3)4/h1-8H3. The molecule has 0 heteroatoms. The molecule has 0 heterocycles. The Balaban J connectivity index is 4.21. The molecule has 0 nitrogen and oxygen atoms in total. The van der Waals surface area contributed by atoms with E-state index in [4.69, 9.17) is 0 Å². The third-order valence-corrected chi connectivity index (χ3v) is 3.69. The zero-order valence-corrected chi connectivity index (χ0v) is 12.0. The van der Waals surface area contributed by atoms with E-state index in [2.05, 4.69) is 55.4 Å². The van der Waals surface area contributed by atoms with Crippen LogP contribution in [0.3, 0.4) is 0 Å². The predicted molar refractivity (Wildman–Crippen MR) is 74.2 cm³/mol. The first kappa shape index (κ1) is 13.0. The third kappa shape index (κ3) is 1.93. The smallest absolute Gasteiger partial charge is 0.0163 e. The average molecular weight is 216 g/mol. The van der Waals surface area contributed by atoms with Crippen molar-refractivity contribution in [3.63, 3.8) is 0 Å². The highest BCUT2D eigenvalue weighted by Crippen LogP contribution is 2.11. The minimum Gasteiger partial charge on any atom is -0.0683 e. The lowest BCUT2D eigenvalue weighted by Gasteiger charge is -2.13. The van der Waals surface area contributed by atoms with Crippen LogP contribution in [0.1, 0.15) is 49.9 Å². The summed E-state index contributed by atoms with van der Waals surface area (Å²) in [5, 5.41) is 2.92. The van der Waals surface area contributed by atoms with Gasteiger partial charge in [-0.1, -0.05) is 11.1 Å². The van der Waals surface area contributed by atoms with E-state index in [0.29, 0.717) is 0 Å². The number of hydrogen-bond donors (Lipinski definition) is 0. The largest absolute Gasteiger partial charge is 0.0683 e. The van der Waals surface area contributed by atoms with E-state index in [9.17, 15) is 0 Å². The molecule has 0 aliphatic rings. The molecule has 0 saturated heterocycles. The van der Waals surface area contributed by atoms with E-state index in [1.807, 2.05) is 0 Å². The van der Waals surface area contributed by atoms with Gasteiger partial charge in [-0.15, -0.1) is 0 Å². The second-order valence-electron chi connectivity index (χ2n) is 5.25. The summed E-state index contributed by atoms with van der Waals surface area (Å²) >= 11 is 0. The van der Waals surface area contributed by atoms with Crippen LogP contribution in [0.4, 0.5) is 0 Å². The summed E-state index contributed by atoms with van der Waals surface area (Å²) in [7, 11) is 0. The van der Waals surface area contributed by atoms with Crippen LogP contribution in [0.15, 0.2) is 0 Å². The summed E-state index contributed by atoms with van der Waals surface area (Å²) < 4.78 is 0. The van der Waals surface area contributed by atoms with Crippen molar-refractivity contribution in [1.82, 2.24) is 0 Å². The minimum absolute atomic E-state index is 1.42. The van der Waals surface area contributed by atoms with Crippen molar-refractivity contribution in [2.75, 3.05) is 0 Å². The van der Waals surface area contributed by atoms with E-state index in [1.165, 1.54) is 43.8 Å². The first-order valence-electron chi connectivity index (χ1n) is 6.00. The monoisotopic (exact) mass is 216 g/mol. The Morgan fingerprint density at radius 2 is 0.750 bits per heavy atom. The van der Waals surface area contributed by atoms with Gasteiger partial charge in [-0.2, -0.15) is 0 Å².